The van der Waals surface area contributed by atoms with Gasteiger partial charge in [0.15, 0.2) is 0 Å². The Morgan fingerprint density at radius 1 is 1.42 bits per heavy atom. The number of aliphatic hydroxyl groups is 1. The van der Waals surface area contributed by atoms with Gasteiger partial charge in [0.05, 0.1) is 23.4 Å². The molecule has 2 bridgehead atoms. The first-order chi connectivity index (χ1) is 11.5. The summed E-state index contributed by atoms with van der Waals surface area (Å²) in [6.07, 6.45) is 5.70. The zero-order valence-corrected chi connectivity index (χ0v) is 15.1. The van der Waals surface area contributed by atoms with Crippen LogP contribution in [-0.2, 0) is 0 Å². The summed E-state index contributed by atoms with van der Waals surface area (Å²) in [5, 5.41) is 18.3. The Morgan fingerprint density at radius 3 is 2.62 bits per heavy atom. The molecular weight excluding hydrogens is 304 g/mol. The molecule has 4 rings (SSSR count). The predicted octanol–water partition coefficient (Wildman–Crippen LogP) is 1.74. The Hall–Kier alpha value is -1.40. The van der Waals surface area contributed by atoms with Gasteiger partial charge in [-0.3, -0.25) is 9.48 Å². The second-order valence-electron chi connectivity index (χ2n) is 7.40. The first kappa shape index (κ1) is 17.4. The lowest BCUT2D eigenvalue weighted by molar-refractivity contribution is -0.108. The van der Waals surface area contributed by atoms with E-state index in [9.17, 15) is 9.90 Å². The van der Waals surface area contributed by atoms with Crippen molar-refractivity contribution in [3.05, 3.63) is 17.5 Å². The Balaban J connectivity index is 1.65. The average Bonchev–Trinajstić information content (AvgIpc) is 2.97. The van der Waals surface area contributed by atoms with Crippen LogP contribution in [0.4, 0.5) is 0 Å². The minimum atomic E-state index is -0.786. The maximum absolute atomic E-state index is 12.6. The van der Waals surface area contributed by atoms with Gasteiger partial charge in [0.25, 0.3) is 5.91 Å². The van der Waals surface area contributed by atoms with Gasteiger partial charge in [0.2, 0.25) is 0 Å². The van der Waals surface area contributed by atoms with Crippen molar-refractivity contribution < 1.29 is 9.90 Å². The summed E-state index contributed by atoms with van der Waals surface area (Å²) in [6.45, 7) is 9.36. The highest BCUT2D eigenvalue weighted by Crippen LogP contribution is 2.35. The van der Waals surface area contributed by atoms with Gasteiger partial charge in [0, 0.05) is 18.8 Å². The summed E-state index contributed by atoms with van der Waals surface area (Å²) in [5.41, 5.74) is 0.736. The zero-order chi connectivity index (χ0) is 17.3. The van der Waals surface area contributed by atoms with E-state index in [0.717, 1.165) is 44.5 Å². The van der Waals surface area contributed by atoms with Crippen LogP contribution in [0.25, 0.3) is 0 Å². The van der Waals surface area contributed by atoms with Crippen LogP contribution in [0.3, 0.4) is 0 Å². The van der Waals surface area contributed by atoms with Gasteiger partial charge >= 0.3 is 0 Å². The largest absolute Gasteiger partial charge is 0.386 e. The third kappa shape index (κ3) is 3.09. The highest BCUT2D eigenvalue weighted by molar-refractivity contribution is 5.95. The summed E-state index contributed by atoms with van der Waals surface area (Å²) in [5.74, 6) is 0.172. The van der Waals surface area contributed by atoms with Crippen molar-refractivity contribution in [1.82, 2.24) is 20.0 Å². The van der Waals surface area contributed by atoms with Crippen molar-refractivity contribution >= 4 is 5.91 Å². The quantitative estimate of drug-likeness (QED) is 0.831. The molecule has 1 aromatic rings. The molecule has 0 radical (unpaired) electrons. The molecule has 3 saturated heterocycles. The molecule has 6 heteroatoms. The number of hydrogen-bond acceptors (Lipinski definition) is 4. The second kappa shape index (κ2) is 6.84. The molecule has 3 fully saturated rings. The van der Waals surface area contributed by atoms with Crippen LogP contribution in [0.5, 0.6) is 0 Å². The number of rotatable bonds is 6. The molecule has 0 aromatic carbocycles. The van der Waals surface area contributed by atoms with E-state index in [1.165, 1.54) is 0 Å². The topological polar surface area (TPSA) is 70.4 Å². The molecule has 1 amide bonds. The van der Waals surface area contributed by atoms with Crippen LogP contribution in [0.1, 0.15) is 61.6 Å². The predicted molar refractivity (Wildman–Crippen MR) is 93.0 cm³/mol. The lowest BCUT2D eigenvalue weighted by Gasteiger charge is -2.50. The Bertz CT molecular complexity index is 588. The van der Waals surface area contributed by atoms with Crippen molar-refractivity contribution in [3.63, 3.8) is 0 Å². The molecule has 1 unspecified atom stereocenters. The van der Waals surface area contributed by atoms with Gasteiger partial charge in [-0.15, -0.1) is 0 Å². The van der Waals surface area contributed by atoms with E-state index < -0.39 is 5.60 Å². The molecule has 2 N–H and O–H groups in total. The molecule has 1 aromatic heterocycles. The fraction of sp³-hybridized carbons (Fsp3) is 0.778. The Labute approximate surface area is 144 Å². The average molecular weight is 334 g/mol. The lowest BCUT2D eigenvalue weighted by atomic mass is 9.75. The van der Waals surface area contributed by atoms with Crippen molar-refractivity contribution in [1.29, 1.82) is 0 Å². The standard InChI is InChI=1S/C18H30N4O2/c1-4-15(5-2)22-13(3)16(10-20-22)17(23)19-11-18(24)12-21-8-6-14(18)7-9-21/h10,14-15,24H,4-9,11-12H2,1-3H3,(H,19,23). The minimum absolute atomic E-state index is 0.130. The molecule has 3 aliphatic rings. The highest BCUT2D eigenvalue weighted by Gasteiger charge is 2.45. The van der Waals surface area contributed by atoms with Crippen LogP contribution < -0.4 is 5.32 Å². The smallest absolute Gasteiger partial charge is 0.254 e. The maximum atomic E-state index is 12.6. The third-order valence-electron chi connectivity index (χ3n) is 5.98. The molecule has 134 valence electrons. The monoisotopic (exact) mass is 334 g/mol. The Morgan fingerprint density at radius 2 is 2.08 bits per heavy atom. The number of nitrogens with one attached hydrogen (secondary N) is 1. The fourth-order valence-electron chi connectivity index (χ4n) is 4.32. The first-order valence-electron chi connectivity index (χ1n) is 9.25. The highest BCUT2D eigenvalue weighted by atomic mass is 16.3. The minimum Gasteiger partial charge on any atom is -0.386 e. The van der Waals surface area contributed by atoms with Crippen molar-refractivity contribution in [3.8, 4) is 0 Å². The van der Waals surface area contributed by atoms with Gasteiger partial charge in [-0.05, 0) is 51.6 Å². The Kier molecular flexibility index (Phi) is 4.97. The molecule has 0 saturated carbocycles. The van der Waals surface area contributed by atoms with Crippen LogP contribution in [-0.4, -0.2) is 57.5 Å². The van der Waals surface area contributed by atoms with Gasteiger partial charge in [-0.25, -0.2) is 0 Å². The molecule has 1 atom stereocenters. The van der Waals surface area contributed by atoms with Gasteiger partial charge in [-0.1, -0.05) is 13.8 Å². The number of hydrogen-bond donors (Lipinski definition) is 2. The summed E-state index contributed by atoms with van der Waals surface area (Å²) < 4.78 is 1.96. The van der Waals surface area contributed by atoms with Crippen molar-refractivity contribution in [2.45, 2.75) is 58.1 Å². The van der Waals surface area contributed by atoms with Crippen LogP contribution in [0.15, 0.2) is 6.20 Å². The van der Waals surface area contributed by atoms with E-state index in [0.29, 0.717) is 30.6 Å². The summed E-state index contributed by atoms with van der Waals surface area (Å²) >= 11 is 0. The molecule has 4 heterocycles. The summed E-state index contributed by atoms with van der Waals surface area (Å²) in [6, 6.07) is 0.331. The van der Waals surface area contributed by atoms with Crippen LogP contribution in [0.2, 0.25) is 0 Å². The maximum Gasteiger partial charge on any atom is 0.254 e. The van der Waals surface area contributed by atoms with Gasteiger partial charge in [0.1, 0.15) is 0 Å². The van der Waals surface area contributed by atoms with E-state index in [-0.39, 0.29) is 5.91 Å². The van der Waals surface area contributed by atoms with E-state index in [2.05, 4.69) is 29.2 Å². The SMILES string of the molecule is CCC(CC)n1ncc(C(=O)NCC2(O)CN3CCC2CC3)c1C. The number of carbonyl (C=O) groups excluding carboxylic acids is 1. The van der Waals surface area contributed by atoms with Crippen molar-refractivity contribution in [2.75, 3.05) is 26.2 Å². The number of fused-ring (bicyclic) bond motifs is 3. The first-order valence-corrected chi connectivity index (χ1v) is 9.25. The molecule has 3 aliphatic heterocycles. The van der Waals surface area contributed by atoms with E-state index in [1.807, 2.05) is 11.6 Å². The summed E-state index contributed by atoms with van der Waals surface area (Å²) in [4.78, 5) is 14.9. The number of aromatic nitrogens is 2. The van der Waals surface area contributed by atoms with E-state index >= 15 is 0 Å². The number of nitrogens with zero attached hydrogens (tertiary/aromatic N) is 3. The van der Waals surface area contributed by atoms with E-state index in [4.69, 9.17) is 0 Å². The normalized spacial score (nSPS) is 29.2. The van der Waals surface area contributed by atoms with E-state index in [1.54, 1.807) is 6.20 Å². The fourth-order valence-corrected chi connectivity index (χ4v) is 4.32. The molecule has 0 spiro atoms. The van der Waals surface area contributed by atoms with Crippen LogP contribution in [0, 0.1) is 12.8 Å². The zero-order valence-electron chi connectivity index (χ0n) is 15.1. The lowest BCUT2D eigenvalue weighted by Crippen LogP contribution is -2.63. The molecule has 24 heavy (non-hydrogen) atoms. The van der Waals surface area contributed by atoms with Gasteiger partial charge < -0.3 is 15.3 Å². The number of piperidine rings is 3. The molecule has 6 nitrogen and oxygen atoms in total. The second-order valence-corrected chi connectivity index (χ2v) is 7.40. The van der Waals surface area contributed by atoms with Crippen LogP contribution >= 0.6 is 0 Å². The molecular formula is C18H30N4O2. The van der Waals surface area contributed by atoms with Gasteiger partial charge in [-0.2, -0.15) is 5.10 Å². The van der Waals surface area contributed by atoms with Crippen molar-refractivity contribution in [2.24, 2.45) is 5.92 Å². The third-order valence-corrected chi connectivity index (χ3v) is 5.98. The summed E-state index contributed by atoms with van der Waals surface area (Å²) in [7, 11) is 0. The number of amides is 1. The molecule has 0 aliphatic carbocycles. The number of carbonyl (C=O) groups is 1.